The first-order chi connectivity index (χ1) is 11.2. The van der Waals surface area contributed by atoms with Crippen molar-refractivity contribution in [1.29, 1.82) is 0 Å². The summed E-state index contributed by atoms with van der Waals surface area (Å²) in [6, 6.07) is 10.4. The number of H-pyrrole nitrogens is 1. The minimum absolute atomic E-state index is 0.557. The first-order valence-corrected chi connectivity index (χ1v) is 8.56. The number of aromatic nitrogens is 3. The van der Waals surface area contributed by atoms with Crippen LogP contribution in [0.1, 0.15) is 19.4 Å². The Morgan fingerprint density at radius 2 is 2.00 bits per heavy atom. The molecule has 2 aromatic heterocycles. The fourth-order valence-corrected chi connectivity index (χ4v) is 3.34. The van der Waals surface area contributed by atoms with Crippen LogP contribution in [0.25, 0.3) is 11.0 Å². The Balaban J connectivity index is 1.85. The highest BCUT2D eigenvalue weighted by Gasteiger charge is 2.09. The highest BCUT2D eigenvalue weighted by atomic mass is 32.2. The summed E-state index contributed by atoms with van der Waals surface area (Å²) in [5.74, 6) is 1.43. The molecule has 3 aromatic rings. The average Bonchev–Trinajstić information content (AvgIpc) is 3.01. The highest BCUT2D eigenvalue weighted by Crippen LogP contribution is 2.28. The van der Waals surface area contributed by atoms with Gasteiger partial charge in [-0.25, -0.2) is 4.98 Å². The van der Waals surface area contributed by atoms with Gasteiger partial charge in [-0.05, 0) is 17.7 Å². The molecule has 5 nitrogen and oxygen atoms in total. The Morgan fingerprint density at radius 3 is 2.78 bits per heavy atom. The van der Waals surface area contributed by atoms with E-state index in [0.29, 0.717) is 11.2 Å². The number of hydrogen-bond acceptors (Lipinski definition) is 5. The van der Waals surface area contributed by atoms with Gasteiger partial charge in [0.05, 0.1) is 5.52 Å². The molecule has 0 aliphatic rings. The van der Waals surface area contributed by atoms with Crippen LogP contribution >= 0.6 is 11.8 Å². The van der Waals surface area contributed by atoms with Crippen LogP contribution in [0, 0.1) is 0 Å². The topological polar surface area (TPSA) is 65.6 Å². The molecule has 0 aliphatic carbocycles. The summed E-state index contributed by atoms with van der Waals surface area (Å²) in [6.45, 7) is 5.14. The van der Waals surface area contributed by atoms with Gasteiger partial charge in [0.25, 0.3) is 0 Å². The number of fused-ring (bicyclic) bond motifs is 1. The van der Waals surface area contributed by atoms with Crippen molar-refractivity contribution in [3.63, 3.8) is 0 Å². The quantitative estimate of drug-likeness (QED) is 0.595. The van der Waals surface area contributed by atoms with E-state index >= 15 is 0 Å². The van der Waals surface area contributed by atoms with Crippen molar-refractivity contribution in [2.24, 2.45) is 0 Å². The molecule has 0 saturated heterocycles. The third-order valence-corrected chi connectivity index (χ3v) is 4.53. The molecule has 0 fully saturated rings. The predicted molar refractivity (Wildman–Crippen MR) is 98.2 cm³/mol. The smallest absolute Gasteiger partial charge is 0.225 e. The molecule has 0 spiro atoms. The summed E-state index contributed by atoms with van der Waals surface area (Å²) in [7, 11) is 1.83. The van der Waals surface area contributed by atoms with E-state index in [4.69, 9.17) is 0 Å². The lowest BCUT2D eigenvalue weighted by molar-refractivity contribution is 1.05. The van der Waals surface area contributed by atoms with Crippen molar-refractivity contribution in [3.8, 4) is 0 Å². The van der Waals surface area contributed by atoms with Gasteiger partial charge in [0.2, 0.25) is 5.95 Å². The summed E-state index contributed by atoms with van der Waals surface area (Å²) < 4.78 is 0. The zero-order valence-electron chi connectivity index (χ0n) is 13.6. The summed E-state index contributed by atoms with van der Waals surface area (Å²) in [4.78, 5) is 13.5. The van der Waals surface area contributed by atoms with E-state index in [1.54, 1.807) is 0 Å². The van der Waals surface area contributed by atoms with E-state index in [1.807, 2.05) is 31.1 Å². The molecule has 0 unspecified atom stereocenters. The van der Waals surface area contributed by atoms with Crippen molar-refractivity contribution < 1.29 is 0 Å². The van der Waals surface area contributed by atoms with Gasteiger partial charge < -0.3 is 15.6 Å². The van der Waals surface area contributed by atoms with Gasteiger partial charge in [-0.2, -0.15) is 4.98 Å². The molecular formula is C17H21N5S. The van der Waals surface area contributed by atoms with Crippen molar-refractivity contribution in [1.82, 2.24) is 15.0 Å². The largest absolute Gasteiger partial charge is 0.364 e. The minimum Gasteiger partial charge on any atom is -0.364 e. The van der Waals surface area contributed by atoms with Crippen LogP contribution in [0.5, 0.6) is 0 Å². The third-order valence-electron chi connectivity index (χ3n) is 3.41. The van der Waals surface area contributed by atoms with E-state index in [9.17, 15) is 0 Å². The Labute approximate surface area is 140 Å². The number of rotatable bonds is 6. The van der Waals surface area contributed by atoms with Gasteiger partial charge in [0.1, 0.15) is 5.52 Å². The number of nitrogens with one attached hydrogen (secondary N) is 3. The monoisotopic (exact) mass is 327 g/mol. The molecule has 0 radical (unpaired) electrons. The second-order valence-electron chi connectivity index (χ2n) is 5.51. The lowest BCUT2D eigenvalue weighted by Crippen LogP contribution is -2.06. The molecule has 0 bridgehead atoms. The van der Waals surface area contributed by atoms with Crippen molar-refractivity contribution >= 4 is 34.6 Å². The lowest BCUT2D eigenvalue weighted by Gasteiger charge is -2.13. The number of thioether (sulfide) groups is 1. The number of hydrogen-bond donors (Lipinski definition) is 3. The van der Waals surface area contributed by atoms with E-state index in [1.165, 1.54) is 10.5 Å². The fourth-order valence-electron chi connectivity index (χ4n) is 2.38. The molecule has 0 saturated carbocycles. The third kappa shape index (κ3) is 3.59. The highest BCUT2D eigenvalue weighted by molar-refractivity contribution is 8.00. The molecule has 23 heavy (non-hydrogen) atoms. The van der Waals surface area contributed by atoms with Gasteiger partial charge >= 0.3 is 0 Å². The molecule has 3 rings (SSSR count). The first-order valence-electron chi connectivity index (χ1n) is 7.68. The Hall–Kier alpha value is -2.21. The Bertz CT molecular complexity index is 797. The average molecular weight is 327 g/mol. The van der Waals surface area contributed by atoms with Gasteiger partial charge in [0, 0.05) is 29.9 Å². The van der Waals surface area contributed by atoms with Crippen LogP contribution in [0.3, 0.4) is 0 Å². The van der Waals surface area contributed by atoms with E-state index < -0.39 is 0 Å². The number of aromatic amines is 1. The van der Waals surface area contributed by atoms with Gasteiger partial charge in [-0.3, -0.25) is 0 Å². The Morgan fingerprint density at radius 1 is 1.17 bits per heavy atom. The van der Waals surface area contributed by atoms with E-state index in [2.05, 4.69) is 63.7 Å². The summed E-state index contributed by atoms with van der Waals surface area (Å²) >= 11 is 1.88. The maximum Gasteiger partial charge on any atom is 0.225 e. The van der Waals surface area contributed by atoms with Gasteiger partial charge in [-0.15, -0.1) is 11.8 Å². The maximum absolute atomic E-state index is 4.53. The predicted octanol–water partition coefficient (Wildman–Crippen LogP) is 4.11. The van der Waals surface area contributed by atoms with Crippen molar-refractivity contribution in [2.75, 3.05) is 17.7 Å². The van der Waals surface area contributed by atoms with Crippen LogP contribution in [-0.2, 0) is 6.54 Å². The number of nitrogens with zero attached hydrogens (tertiary/aromatic N) is 2. The standard InChI is InChI=1S/C17H21N5S/c1-11(2)23-14-7-5-4-6-12(14)10-20-16-15-13(8-9-19-15)21-17(18-3)22-16/h4-9,11,19H,10H2,1-3H3,(H2,18,20,21,22). The summed E-state index contributed by atoms with van der Waals surface area (Å²) in [5.41, 5.74) is 3.10. The van der Waals surface area contributed by atoms with Crippen LogP contribution in [0.15, 0.2) is 41.4 Å². The van der Waals surface area contributed by atoms with E-state index in [0.717, 1.165) is 23.4 Å². The molecule has 120 valence electrons. The van der Waals surface area contributed by atoms with Gasteiger partial charge in [0.15, 0.2) is 5.82 Å². The maximum atomic E-state index is 4.53. The molecule has 1 aromatic carbocycles. The zero-order valence-corrected chi connectivity index (χ0v) is 14.4. The van der Waals surface area contributed by atoms with Gasteiger partial charge in [-0.1, -0.05) is 32.0 Å². The van der Waals surface area contributed by atoms with Crippen LogP contribution in [-0.4, -0.2) is 27.2 Å². The molecule has 2 heterocycles. The SMILES string of the molecule is CNc1nc(NCc2ccccc2SC(C)C)c2[nH]ccc2n1. The van der Waals surface area contributed by atoms with Crippen molar-refractivity contribution in [3.05, 3.63) is 42.1 Å². The van der Waals surface area contributed by atoms with Crippen molar-refractivity contribution in [2.45, 2.75) is 30.5 Å². The minimum atomic E-state index is 0.557. The zero-order chi connectivity index (χ0) is 16.2. The molecule has 0 atom stereocenters. The Kier molecular flexibility index (Phi) is 4.71. The second kappa shape index (κ2) is 6.91. The summed E-state index contributed by atoms with van der Waals surface area (Å²) in [5, 5.41) is 7.00. The molecule has 6 heteroatoms. The number of benzene rings is 1. The first kappa shape index (κ1) is 15.7. The van der Waals surface area contributed by atoms with Crippen LogP contribution in [0.2, 0.25) is 0 Å². The molecule has 0 amide bonds. The summed E-state index contributed by atoms with van der Waals surface area (Å²) in [6.07, 6.45) is 1.88. The molecule has 3 N–H and O–H groups in total. The molecular weight excluding hydrogens is 306 g/mol. The van der Waals surface area contributed by atoms with Crippen LogP contribution in [0.4, 0.5) is 11.8 Å². The number of anilines is 2. The normalized spacial score (nSPS) is 11.1. The second-order valence-corrected chi connectivity index (χ2v) is 7.13. The lowest BCUT2D eigenvalue weighted by atomic mass is 10.2. The molecule has 0 aliphatic heterocycles. The van der Waals surface area contributed by atoms with Crippen LogP contribution < -0.4 is 10.6 Å². The van der Waals surface area contributed by atoms with E-state index in [-0.39, 0.29) is 0 Å². The fraction of sp³-hybridized carbons (Fsp3) is 0.294.